The van der Waals surface area contributed by atoms with Crippen molar-refractivity contribution in [3.63, 3.8) is 0 Å². The molecule has 0 aromatic carbocycles. The first kappa shape index (κ1) is 11.3. The zero-order valence-corrected chi connectivity index (χ0v) is 9.72. The first-order valence-corrected chi connectivity index (χ1v) is 7.10. The Labute approximate surface area is 91.4 Å². The van der Waals surface area contributed by atoms with Crippen molar-refractivity contribution in [3.05, 3.63) is 0 Å². The molecule has 2 fully saturated rings. The Balaban J connectivity index is 1.92. The third kappa shape index (κ3) is 2.90. The van der Waals surface area contributed by atoms with E-state index in [2.05, 4.69) is 10.0 Å². The van der Waals surface area contributed by atoms with E-state index in [9.17, 15) is 8.42 Å². The van der Waals surface area contributed by atoms with Crippen LogP contribution in [0.15, 0.2) is 0 Å². The highest BCUT2D eigenvalue weighted by Gasteiger charge is 2.27. The fourth-order valence-electron chi connectivity index (χ4n) is 2.15. The highest BCUT2D eigenvalue weighted by atomic mass is 32.2. The number of hydrogen-bond acceptors (Lipinski definition) is 3. The Kier molecular flexibility index (Phi) is 3.60. The molecule has 2 rings (SSSR count). The van der Waals surface area contributed by atoms with E-state index < -0.39 is 10.2 Å². The van der Waals surface area contributed by atoms with Gasteiger partial charge in [-0.15, -0.1) is 0 Å². The lowest BCUT2D eigenvalue weighted by Crippen LogP contribution is -2.47. The molecule has 2 aliphatic heterocycles. The maximum absolute atomic E-state index is 11.9. The number of rotatable bonds is 3. The molecule has 0 aliphatic carbocycles. The molecule has 2 saturated heterocycles. The molecule has 5 nitrogen and oxygen atoms in total. The SMILES string of the molecule is O=S(=O)(NC1CCNC1)N1CCCCC1. The molecule has 0 amide bonds. The van der Waals surface area contributed by atoms with E-state index in [1.54, 1.807) is 4.31 Å². The van der Waals surface area contributed by atoms with E-state index >= 15 is 0 Å². The van der Waals surface area contributed by atoms with E-state index in [-0.39, 0.29) is 6.04 Å². The molecule has 2 heterocycles. The fourth-order valence-corrected chi connectivity index (χ4v) is 3.66. The second kappa shape index (κ2) is 4.78. The summed E-state index contributed by atoms with van der Waals surface area (Å²) in [5, 5.41) is 3.15. The van der Waals surface area contributed by atoms with Gasteiger partial charge in [0, 0.05) is 25.7 Å². The predicted octanol–water partition coefficient (Wildman–Crippen LogP) is -0.331. The first-order valence-electron chi connectivity index (χ1n) is 5.66. The van der Waals surface area contributed by atoms with Gasteiger partial charge in [0.15, 0.2) is 0 Å². The molecular formula is C9H19N3O2S. The highest BCUT2D eigenvalue weighted by Crippen LogP contribution is 2.13. The Bertz CT molecular complexity index is 292. The Morgan fingerprint density at radius 1 is 1.20 bits per heavy atom. The topological polar surface area (TPSA) is 61.4 Å². The average Bonchev–Trinajstić information content (AvgIpc) is 2.71. The van der Waals surface area contributed by atoms with Crippen molar-refractivity contribution in [2.45, 2.75) is 31.7 Å². The molecule has 15 heavy (non-hydrogen) atoms. The van der Waals surface area contributed by atoms with Crippen LogP contribution in [-0.4, -0.2) is 44.9 Å². The fraction of sp³-hybridized carbons (Fsp3) is 1.00. The minimum atomic E-state index is -3.22. The summed E-state index contributed by atoms with van der Waals surface area (Å²) in [4.78, 5) is 0. The predicted molar refractivity (Wildman–Crippen MR) is 58.8 cm³/mol. The van der Waals surface area contributed by atoms with Crippen molar-refractivity contribution in [3.8, 4) is 0 Å². The van der Waals surface area contributed by atoms with Gasteiger partial charge in [-0.25, -0.2) is 0 Å². The normalized spacial score (nSPS) is 29.5. The van der Waals surface area contributed by atoms with E-state index in [0.717, 1.165) is 38.8 Å². The molecule has 0 aromatic rings. The van der Waals surface area contributed by atoms with Gasteiger partial charge in [-0.1, -0.05) is 6.42 Å². The lowest BCUT2D eigenvalue weighted by molar-refractivity contribution is 0.339. The van der Waals surface area contributed by atoms with Crippen LogP contribution in [0.25, 0.3) is 0 Å². The van der Waals surface area contributed by atoms with Gasteiger partial charge in [-0.2, -0.15) is 17.4 Å². The summed E-state index contributed by atoms with van der Waals surface area (Å²) in [7, 11) is -3.22. The number of nitrogens with one attached hydrogen (secondary N) is 2. The number of nitrogens with zero attached hydrogens (tertiary/aromatic N) is 1. The van der Waals surface area contributed by atoms with Crippen molar-refractivity contribution in [1.82, 2.24) is 14.3 Å². The maximum Gasteiger partial charge on any atom is 0.279 e. The van der Waals surface area contributed by atoms with Gasteiger partial charge in [0.25, 0.3) is 10.2 Å². The van der Waals surface area contributed by atoms with Crippen molar-refractivity contribution < 1.29 is 8.42 Å². The van der Waals surface area contributed by atoms with Gasteiger partial charge in [-0.3, -0.25) is 0 Å². The minimum Gasteiger partial charge on any atom is -0.315 e. The molecule has 0 spiro atoms. The van der Waals surface area contributed by atoms with Crippen LogP contribution < -0.4 is 10.0 Å². The van der Waals surface area contributed by atoms with Crippen LogP contribution in [0.5, 0.6) is 0 Å². The highest BCUT2D eigenvalue weighted by molar-refractivity contribution is 7.87. The van der Waals surface area contributed by atoms with Crippen LogP contribution in [0.4, 0.5) is 0 Å². The Morgan fingerprint density at radius 2 is 1.93 bits per heavy atom. The van der Waals surface area contributed by atoms with Crippen LogP contribution in [0.2, 0.25) is 0 Å². The zero-order valence-electron chi connectivity index (χ0n) is 8.91. The quantitative estimate of drug-likeness (QED) is 0.701. The van der Waals surface area contributed by atoms with Crippen molar-refractivity contribution in [2.24, 2.45) is 0 Å². The standard InChI is InChI=1S/C9H19N3O2S/c13-15(14,11-9-4-5-10-8-9)12-6-2-1-3-7-12/h9-11H,1-8H2. The molecule has 0 aromatic heterocycles. The third-order valence-corrected chi connectivity index (χ3v) is 4.71. The van der Waals surface area contributed by atoms with E-state index in [1.807, 2.05) is 0 Å². The van der Waals surface area contributed by atoms with Gasteiger partial charge in [0.2, 0.25) is 0 Å². The van der Waals surface area contributed by atoms with Gasteiger partial charge in [0.05, 0.1) is 0 Å². The molecule has 0 saturated carbocycles. The molecular weight excluding hydrogens is 214 g/mol. The summed E-state index contributed by atoms with van der Waals surface area (Å²) < 4.78 is 28.2. The van der Waals surface area contributed by atoms with E-state index in [0.29, 0.717) is 13.1 Å². The summed E-state index contributed by atoms with van der Waals surface area (Å²) in [6.07, 6.45) is 4.03. The van der Waals surface area contributed by atoms with E-state index in [4.69, 9.17) is 0 Å². The summed E-state index contributed by atoms with van der Waals surface area (Å²) in [5.74, 6) is 0. The number of piperidine rings is 1. The van der Waals surface area contributed by atoms with Gasteiger partial charge >= 0.3 is 0 Å². The monoisotopic (exact) mass is 233 g/mol. The number of hydrogen-bond donors (Lipinski definition) is 2. The molecule has 1 atom stereocenters. The Hall–Kier alpha value is -0.170. The van der Waals surface area contributed by atoms with Crippen molar-refractivity contribution in [2.75, 3.05) is 26.2 Å². The summed E-state index contributed by atoms with van der Waals surface area (Å²) >= 11 is 0. The molecule has 0 radical (unpaired) electrons. The van der Waals surface area contributed by atoms with Gasteiger partial charge in [-0.05, 0) is 25.8 Å². The smallest absolute Gasteiger partial charge is 0.279 e. The zero-order chi connectivity index (χ0) is 10.7. The first-order chi connectivity index (χ1) is 7.18. The molecule has 0 bridgehead atoms. The van der Waals surface area contributed by atoms with Crippen LogP contribution in [-0.2, 0) is 10.2 Å². The summed E-state index contributed by atoms with van der Waals surface area (Å²) in [6, 6.07) is 0.0805. The van der Waals surface area contributed by atoms with Crippen LogP contribution in [0, 0.1) is 0 Å². The van der Waals surface area contributed by atoms with Crippen LogP contribution in [0.3, 0.4) is 0 Å². The van der Waals surface area contributed by atoms with Crippen LogP contribution >= 0.6 is 0 Å². The Morgan fingerprint density at radius 3 is 2.53 bits per heavy atom. The van der Waals surface area contributed by atoms with Crippen molar-refractivity contribution >= 4 is 10.2 Å². The van der Waals surface area contributed by atoms with Gasteiger partial charge < -0.3 is 5.32 Å². The molecule has 2 N–H and O–H groups in total. The second-order valence-electron chi connectivity index (χ2n) is 4.27. The molecule has 1 unspecified atom stereocenters. The third-order valence-electron chi connectivity index (χ3n) is 3.03. The molecule has 88 valence electrons. The molecule has 6 heteroatoms. The average molecular weight is 233 g/mol. The second-order valence-corrected chi connectivity index (χ2v) is 5.97. The van der Waals surface area contributed by atoms with Gasteiger partial charge in [0.1, 0.15) is 0 Å². The lowest BCUT2D eigenvalue weighted by Gasteiger charge is -2.27. The minimum absolute atomic E-state index is 0.0805. The largest absolute Gasteiger partial charge is 0.315 e. The summed E-state index contributed by atoms with van der Waals surface area (Å²) in [5.41, 5.74) is 0. The van der Waals surface area contributed by atoms with E-state index in [1.165, 1.54) is 0 Å². The lowest BCUT2D eigenvalue weighted by atomic mass is 10.2. The van der Waals surface area contributed by atoms with Crippen molar-refractivity contribution in [1.29, 1.82) is 0 Å². The maximum atomic E-state index is 11.9. The molecule has 2 aliphatic rings. The summed E-state index contributed by atoms with van der Waals surface area (Å²) in [6.45, 7) is 3.02. The van der Waals surface area contributed by atoms with Crippen LogP contribution in [0.1, 0.15) is 25.7 Å².